The van der Waals surface area contributed by atoms with Crippen molar-refractivity contribution in [1.82, 2.24) is 24.7 Å². The molecule has 0 saturated heterocycles. The highest BCUT2D eigenvalue weighted by Crippen LogP contribution is 2.36. The van der Waals surface area contributed by atoms with Crippen molar-refractivity contribution in [1.29, 1.82) is 0 Å². The van der Waals surface area contributed by atoms with E-state index in [4.69, 9.17) is 10.1 Å². The first-order valence-electron chi connectivity index (χ1n) is 10.9. The van der Waals surface area contributed by atoms with E-state index >= 15 is 0 Å². The van der Waals surface area contributed by atoms with Crippen LogP contribution in [-0.2, 0) is 5.54 Å². The number of aryl methyl sites for hydroxylation is 2. The molecule has 0 atom stereocenters. The van der Waals surface area contributed by atoms with Crippen LogP contribution in [0.25, 0.3) is 31.5 Å². The topological polar surface area (TPSA) is 85.6 Å². The zero-order chi connectivity index (χ0) is 23.7. The molecule has 5 aromatic rings. The number of hydrogen-bond acceptors (Lipinski definition) is 7. The molecule has 1 N–H and O–H groups in total. The standard InChI is InChI=1S/C24H26N6OS2/c1-11(2)17-10-14(18-12(3)29-30(21(18)26-17)24(5,6)7)22(31)28-23-27-16-9-8-15-19(20(16)33-23)32-13(4)25-15/h8-11H,1-7H3,(H,27,28,31). The van der Waals surface area contributed by atoms with Crippen LogP contribution in [0.2, 0.25) is 0 Å². The van der Waals surface area contributed by atoms with Crippen LogP contribution < -0.4 is 5.32 Å². The largest absolute Gasteiger partial charge is 0.298 e. The molecule has 0 aliphatic rings. The van der Waals surface area contributed by atoms with Gasteiger partial charge in [-0.25, -0.2) is 19.6 Å². The number of anilines is 1. The van der Waals surface area contributed by atoms with Gasteiger partial charge in [-0.3, -0.25) is 10.1 Å². The number of carbonyl (C=O) groups excluding carboxylic acids is 1. The highest BCUT2D eigenvalue weighted by atomic mass is 32.1. The van der Waals surface area contributed by atoms with Crippen LogP contribution in [0.1, 0.15) is 67.3 Å². The van der Waals surface area contributed by atoms with Gasteiger partial charge < -0.3 is 0 Å². The van der Waals surface area contributed by atoms with Crippen molar-refractivity contribution in [2.45, 2.75) is 59.9 Å². The predicted molar refractivity (Wildman–Crippen MR) is 137 cm³/mol. The average Bonchev–Trinajstić information content (AvgIpc) is 3.40. The first kappa shape index (κ1) is 21.9. The molecular formula is C24H26N6OS2. The van der Waals surface area contributed by atoms with Crippen molar-refractivity contribution in [3.8, 4) is 0 Å². The number of nitrogens with zero attached hydrogens (tertiary/aromatic N) is 5. The molecule has 1 amide bonds. The summed E-state index contributed by atoms with van der Waals surface area (Å²) in [5.41, 5.74) is 4.55. The maximum absolute atomic E-state index is 13.5. The molecule has 0 saturated carbocycles. The van der Waals surface area contributed by atoms with Crippen molar-refractivity contribution in [3.05, 3.63) is 40.2 Å². The molecule has 0 aliphatic heterocycles. The van der Waals surface area contributed by atoms with Crippen LogP contribution in [0.3, 0.4) is 0 Å². The fourth-order valence-corrected chi connectivity index (χ4v) is 5.95. The summed E-state index contributed by atoms with van der Waals surface area (Å²) in [4.78, 5) is 27.7. The number of pyridine rings is 1. The van der Waals surface area contributed by atoms with E-state index in [9.17, 15) is 4.79 Å². The molecule has 4 aromatic heterocycles. The summed E-state index contributed by atoms with van der Waals surface area (Å²) in [6, 6.07) is 5.84. The summed E-state index contributed by atoms with van der Waals surface area (Å²) in [6.07, 6.45) is 0. The van der Waals surface area contributed by atoms with Crippen LogP contribution >= 0.6 is 22.7 Å². The molecule has 170 valence electrons. The molecular weight excluding hydrogens is 452 g/mol. The molecule has 0 spiro atoms. The van der Waals surface area contributed by atoms with Gasteiger partial charge in [-0.15, -0.1) is 11.3 Å². The Labute approximate surface area is 199 Å². The number of benzene rings is 1. The highest BCUT2D eigenvalue weighted by molar-refractivity contribution is 7.28. The van der Waals surface area contributed by atoms with Gasteiger partial charge in [-0.2, -0.15) is 5.10 Å². The third-order valence-corrected chi connectivity index (χ3v) is 7.68. The van der Waals surface area contributed by atoms with Crippen molar-refractivity contribution < 1.29 is 4.79 Å². The molecule has 0 fully saturated rings. The first-order chi connectivity index (χ1) is 15.5. The molecule has 0 radical (unpaired) electrons. The van der Waals surface area contributed by atoms with Crippen molar-refractivity contribution >= 4 is 65.2 Å². The third-order valence-electron chi connectivity index (χ3n) is 5.54. The molecule has 7 nitrogen and oxygen atoms in total. The lowest BCUT2D eigenvalue weighted by atomic mass is 10.0. The van der Waals surface area contributed by atoms with Crippen molar-refractivity contribution in [2.24, 2.45) is 0 Å². The summed E-state index contributed by atoms with van der Waals surface area (Å²) in [7, 11) is 0. The van der Waals surface area contributed by atoms with E-state index in [1.165, 1.54) is 11.3 Å². The fourth-order valence-electron chi connectivity index (χ4n) is 3.95. The van der Waals surface area contributed by atoms with Crippen molar-refractivity contribution in [3.63, 3.8) is 0 Å². The van der Waals surface area contributed by atoms with E-state index in [2.05, 4.69) is 49.9 Å². The molecule has 9 heteroatoms. The smallest absolute Gasteiger partial charge is 0.258 e. The predicted octanol–water partition coefficient (Wildman–Crippen LogP) is 6.40. The Bertz CT molecular complexity index is 1550. The van der Waals surface area contributed by atoms with Gasteiger partial charge in [-0.1, -0.05) is 25.2 Å². The number of fused-ring (bicyclic) bond motifs is 4. The number of amides is 1. The second kappa shape index (κ2) is 7.56. The van der Waals surface area contributed by atoms with E-state index in [1.807, 2.05) is 36.7 Å². The maximum atomic E-state index is 13.5. The van der Waals surface area contributed by atoms with Gasteiger partial charge in [-0.05, 0) is 58.7 Å². The molecule has 0 unspecified atom stereocenters. The second-order valence-electron chi connectivity index (χ2n) is 9.58. The van der Waals surface area contributed by atoms with Gasteiger partial charge in [0.2, 0.25) is 0 Å². The number of nitrogens with one attached hydrogen (secondary N) is 1. The van der Waals surface area contributed by atoms with Gasteiger partial charge in [0, 0.05) is 5.69 Å². The minimum absolute atomic E-state index is 0.176. The summed E-state index contributed by atoms with van der Waals surface area (Å²) in [6.45, 7) is 14.4. The van der Waals surface area contributed by atoms with Gasteiger partial charge in [0.15, 0.2) is 10.8 Å². The second-order valence-corrected chi connectivity index (χ2v) is 11.8. The Morgan fingerprint density at radius 3 is 2.36 bits per heavy atom. The Balaban J connectivity index is 1.62. The highest BCUT2D eigenvalue weighted by Gasteiger charge is 2.26. The van der Waals surface area contributed by atoms with E-state index in [0.29, 0.717) is 10.7 Å². The van der Waals surface area contributed by atoms with E-state index < -0.39 is 0 Å². The monoisotopic (exact) mass is 478 g/mol. The maximum Gasteiger partial charge on any atom is 0.258 e. The lowest BCUT2D eigenvalue weighted by molar-refractivity contribution is 0.102. The van der Waals surface area contributed by atoms with Gasteiger partial charge in [0.1, 0.15) is 0 Å². The van der Waals surface area contributed by atoms with Crippen LogP contribution in [0, 0.1) is 13.8 Å². The SMILES string of the molecule is Cc1nc2ccc3nc(NC(=O)c4cc(C(C)C)nc5c4c(C)nn5C(C)(C)C)sc3c2s1. The molecule has 0 aliphatic carbocycles. The molecule has 5 rings (SSSR count). The Morgan fingerprint density at radius 2 is 1.70 bits per heavy atom. The van der Waals surface area contributed by atoms with E-state index in [0.717, 1.165) is 47.9 Å². The normalized spacial score (nSPS) is 12.5. The summed E-state index contributed by atoms with van der Waals surface area (Å²) in [5, 5.41) is 10.2. The lowest BCUT2D eigenvalue weighted by Crippen LogP contribution is -2.24. The quantitative estimate of drug-likeness (QED) is 0.324. The molecule has 0 bridgehead atoms. The zero-order valence-electron chi connectivity index (χ0n) is 19.8. The third kappa shape index (κ3) is 3.69. The first-order valence-corrected chi connectivity index (χ1v) is 12.5. The number of carbonyl (C=O) groups is 1. The van der Waals surface area contributed by atoms with E-state index in [1.54, 1.807) is 11.3 Å². The average molecular weight is 479 g/mol. The summed E-state index contributed by atoms with van der Waals surface area (Å²) >= 11 is 3.14. The van der Waals surface area contributed by atoms with Gasteiger partial charge in [0.05, 0.1) is 47.6 Å². The summed E-state index contributed by atoms with van der Waals surface area (Å²) < 4.78 is 4.08. The molecule has 4 heterocycles. The number of hydrogen-bond donors (Lipinski definition) is 1. The van der Waals surface area contributed by atoms with Crippen LogP contribution in [-0.4, -0.2) is 30.6 Å². The van der Waals surface area contributed by atoms with Crippen LogP contribution in [0.5, 0.6) is 0 Å². The summed E-state index contributed by atoms with van der Waals surface area (Å²) in [5.74, 6) is -0.0217. The Morgan fingerprint density at radius 1 is 1.03 bits per heavy atom. The fraction of sp³-hybridized carbons (Fsp3) is 0.375. The minimum Gasteiger partial charge on any atom is -0.298 e. The van der Waals surface area contributed by atoms with Crippen molar-refractivity contribution in [2.75, 3.05) is 5.32 Å². The molecule has 1 aromatic carbocycles. The van der Waals surface area contributed by atoms with Gasteiger partial charge >= 0.3 is 0 Å². The number of aromatic nitrogens is 5. The number of rotatable bonds is 3. The van der Waals surface area contributed by atoms with Gasteiger partial charge in [0.25, 0.3) is 5.91 Å². The minimum atomic E-state index is -0.256. The Kier molecular flexibility index (Phi) is 5.02. The lowest BCUT2D eigenvalue weighted by Gasteiger charge is -2.20. The zero-order valence-corrected chi connectivity index (χ0v) is 21.4. The van der Waals surface area contributed by atoms with Crippen LogP contribution in [0.15, 0.2) is 18.2 Å². The molecule has 33 heavy (non-hydrogen) atoms. The van der Waals surface area contributed by atoms with E-state index in [-0.39, 0.29) is 17.4 Å². The van der Waals surface area contributed by atoms with Crippen LogP contribution in [0.4, 0.5) is 5.13 Å². The number of thiazole rings is 2. The Hall–Kier alpha value is -2.91.